The zero-order chi connectivity index (χ0) is 15.9. The number of aromatic nitrogens is 1. The van der Waals surface area contributed by atoms with Crippen molar-refractivity contribution in [2.45, 2.75) is 26.7 Å². The van der Waals surface area contributed by atoms with E-state index in [-0.39, 0.29) is 17.6 Å². The molecule has 0 atom stereocenters. The Labute approximate surface area is 130 Å². The maximum atomic E-state index is 12.2. The molecule has 2 rings (SSSR count). The third kappa shape index (κ3) is 3.97. The second-order valence-corrected chi connectivity index (χ2v) is 5.07. The molecule has 1 aromatic heterocycles. The lowest BCUT2D eigenvalue weighted by Crippen LogP contribution is -2.22. The smallest absolute Gasteiger partial charge is 0.227 e. The van der Waals surface area contributed by atoms with Crippen molar-refractivity contribution in [3.63, 3.8) is 0 Å². The number of hydrogen-bond donors (Lipinski definition) is 3. The Morgan fingerprint density at radius 2 is 1.86 bits per heavy atom. The molecule has 0 saturated carbocycles. The van der Waals surface area contributed by atoms with Gasteiger partial charge < -0.3 is 15.7 Å². The molecule has 0 fully saturated rings. The van der Waals surface area contributed by atoms with Crippen LogP contribution < -0.4 is 10.6 Å². The summed E-state index contributed by atoms with van der Waals surface area (Å²) in [6, 6.07) is 10.3. The van der Waals surface area contributed by atoms with Gasteiger partial charge in [0, 0.05) is 17.8 Å². The van der Waals surface area contributed by atoms with Crippen LogP contribution in [-0.4, -0.2) is 16.0 Å². The van der Waals surface area contributed by atoms with Gasteiger partial charge in [0.15, 0.2) is 5.82 Å². The summed E-state index contributed by atoms with van der Waals surface area (Å²) in [6.07, 6.45) is 3.28. The zero-order valence-corrected chi connectivity index (χ0v) is 12.8. The Bertz CT molecular complexity index is 622. The molecule has 0 saturated heterocycles. The quantitative estimate of drug-likeness (QED) is 0.707. The van der Waals surface area contributed by atoms with E-state index in [0.29, 0.717) is 11.5 Å². The fourth-order valence-corrected chi connectivity index (χ4v) is 2.18. The molecule has 5 heteroatoms. The summed E-state index contributed by atoms with van der Waals surface area (Å²) >= 11 is 0. The van der Waals surface area contributed by atoms with E-state index in [9.17, 15) is 9.90 Å². The van der Waals surface area contributed by atoms with Gasteiger partial charge in [-0.2, -0.15) is 0 Å². The number of rotatable bonds is 6. The summed E-state index contributed by atoms with van der Waals surface area (Å²) in [4.78, 5) is 16.5. The third-order valence-corrected chi connectivity index (χ3v) is 3.55. The first-order valence-electron chi connectivity index (χ1n) is 7.46. The molecule has 116 valence electrons. The molecule has 0 radical (unpaired) electrons. The molecule has 1 amide bonds. The van der Waals surface area contributed by atoms with Crippen molar-refractivity contribution in [3.05, 3.63) is 42.6 Å². The third-order valence-electron chi connectivity index (χ3n) is 3.55. The van der Waals surface area contributed by atoms with Crippen LogP contribution in [0.3, 0.4) is 0 Å². The number of carbonyl (C=O) groups is 1. The minimum Gasteiger partial charge on any atom is -0.508 e. The average molecular weight is 299 g/mol. The zero-order valence-electron chi connectivity index (χ0n) is 12.8. The first-order chi connectivity index (χ1) is 10.6. The molecule has 3 N–H and O–H groups in total. The van der Waals surface area contributed by atoms with Gasteiger partial charge in [-0.15, -0.1) is 0 Å². The second-order valence-electron chi connectivity index (χ2n) is 5.07. The molecular formula is C17H21N3O2. The molecular weight excluding hydrogens is 278 g/mol. The fraction of sp³-hybridized carbons (Fsp3) is 0.294. The van der Waals surface area contributed by atoms with Gasteiger partial charge in [-0.25, -0.2) is 4.98 Å². The fourth-order valence-electron chi connectivity index (χ4n) is 2.18. The van der Waals surface area contributed by atoms with Crippen LogP contribution in [0.5, 0.6) is 5.75 Å². The number of hydrogen-bond acceptors (Lipinski definition) is 4. The molecule has 0 bridgehead atoms. The highest BCUT2D eigenvalue weighted by molar-refractivity contribution is 5.95. The van der Waals surface area contributed by atoms with Gasteiger partial charge in [-0.1, -0.05) is 13.8 Å². The van der Waals surface area contributed by atoms with Crippen molar-refractivity contribution in [3.8, 4) is 5.75 Å². The van der Waals surface area contributed by atoms with E-state index in [4.69, 9.17) is 0 Å². The minimum atomic E-state index is 0.00160. The monoisotopic (exact) mass is 299 g/mol. The molecule has 0 spiro atoms. The topological polar surface area (TPSA) is 74.2 Å². The summed E-state index contributed by atoms with van der Waals surface area (Å²) in [5, 5.41) is 15.4. The number of nitrogens with one attached hydrogen (secondary N) is 2. The van der Waals surface area contributed by atoms with Gasteiger partial charge >= 0.3 is 0 Å². The number of amides is 1. The van der Waals surface area contributed by atoms with Crippen molar-refractivity contribution < 1.29 is 9.90 Å². The summed E-state index contributed by atoms with van der Waals surface area (Å²) in [5.74, 6) is 0.787. The number of phenolic OH excluding ortho intramolecular Hbond substituents is 1. The largest absolute Gasteiger partial charge is 0.508 e. The highest BCUT2D eigenvalue weighted by Gasteiger charge is 2.16. The first-order valence-corrected chi connectivity index (χ1v) is 7.46. The van der Waals surface area contributed by atoms with Crippen molar-refractivity contribution >= 4 is 23.1 Å². The van der Waals surface area contributed by atoms with Crippen LogP contribution >= 0.6 is 0 Å². The van der Waals surface area contributed by atoms with E-state index in [1.54, 1.807) is 36.5 Å². The molecule has 1 heterocycles. The number of benzene rings is 1. The van der Waals surface area contributed by atoms with Crippen molar-refractivity contribution in [2.24, 2.45) is 5.92 Å². The van der Waals surface area contributed by atoms with E-state index in [1.807, 2.05) is 19.9 Å². The van der Waals surface area contributed by atoms with Crippen molar-refractivity contribution in [2.75, 3.05) is 10.6 Å². The summed E-state index contributed by atoms with van der Waals surface area (Å²) in [7, 11) is 0. The Kier molecular flexibility index (Phi) is 5.36. The Morgan fingerprint density at radius 3 is 2.50 bits per heavy atom. The van der Waals surface area contributed by atoms with E-state index >= 15 is 0 Å². The number of pyridine rings is 1. The highest BCUT2D eigenvalue weighted by Crippen LogP contribution is 2.25. The van der Waals surface area contributed by atoms with E-state index < -0.39 is 0 Å². The lowest BCUT2D eigenvalue weighted by Gasteiger charge is -2.15. The lowest BCUT2D eigenvalue weighted by atomic mass is 10.0. The maximum Gasteiger partial charge on any atom is 0.227 e. The van der Waals surface area contributed by atoms with Crippen LogP contribution in [-0.2, 0) is 4.79 Å². The van der Waals surface area contributed by atoms with Crippen molar-refractivity contribution in [1.82, 2.24) is 4.98 Å². The molecule has 22 heavy (non-hydrogen) atoms. The SMILES string of the molecule is CCC(CC)C(=O)Nc1cccnc1Nc1ccc(O)cc1. The summed E-state index contributed by atoms with van der Waals surface area (Å²) in [5.41, 5.74) is 1.43. The Balaban J connectivity index is 2.16. The van der Waals surface area contributed by atoms with Gasteiger partial charge in [0.1, 0.15) is 5.75 Å². The van der Waals surface area contributed by atoms with Gasteiger partial charge in [0.05, 0.1) is 5.69 Å². The van der Waals surface area contributed by atoms with Gasteiger partial charge in [0.2, 0.25) is 5.91 Å². The molecule has 2 aromatic rings. The van der Waals surface area contributed by atoms with E-state index in [2.05, 4.69) is 15.6 Å². The second kappa shape index (κ2) is 7.45. The maximum absolute atomic E-state index is 12.2. The number of phenols is 1. The van der Waals surface area contributed by atoms with Crippen LogP contribution in [0.1, 0.15) is 26.7 Å². The number of carbonyl (C=O) groups excluding carboxylic acids is 1. The van der Waals surface area contributed by atoms with E-state index in [0.717, 1.165) is 18.5 Å². The molecule has 1 aromatic carbocycles. The molecule has 0 aliphatic heterocycles. The number of aromatic hydroxyl groups is 1. The standard InChI is InChI=1S/C17H21N3O2/c1-3-12(4-2)17(22)20-15-6-5-11-18-16(15)19-13-7-9-14(21)10-8-13/h5-12,21H,3-4H2,1-2H3,(H,18,19)(H,20,22). The summed E-state index contributed by atoms with van der Waals surface area (Å²) < 4.78 is 0. The number of nitrogens with zero attached hydrogens (tertiary/aromatic N) is 1. The van der Waals surface area contributed by atoms with Gasteiger partial charge in [-0.05, 0) is 49.2 Å². The normalized spacial score (nSPS) is 10.5. The van der Waals surface area contributed by atoms with E-state index in [1.165, 1.54) is 0 Å². The van der Waals surface area contributed by atoms with Crippen LogP contribution in [0.4, 0.5) is 17.2 Å². The lowest BCUT2D eigenvalue weighted by molar-refractivity contribution is -0.120. The average Bonchev–Trinajstić information content (AvgIpc) is 2.52. The van der Waals surface area contributed by atoms with Gasteiger partial charge in [0.25, 0.3) is 0 Å². The minimum absolute atomic E-state index is 0.00160. The predicted octanol–water partition coefficient (Wildman–Crippen LogP) is 3.91. The molecule has 0 aliphatic rings. The van der Waals surface area contributed by atoms with Gasteiger partial charge in [-0.3, -0.25) is 4.79 Å². The van der Waals surface area contributed by atoms with Crippen LogP contribution in [0.15, 0.2) is 42.6 Å². The van der Waals surface area contributed by atoms with Crippen LogP contribution in [0, 0.1) is 5.92 Å². The Hall–Kier alpha value is -2.56. The first kappa shape index (κ1) is 15.8. The van der Waals surface area contributed by atoms with Crippen LogP contribution in [0.25, 0.3) is 0 Å². The molecule has 5 nitrogen and oxygen atoms in total. The summed E-state index contributed by atoms with van der Waals surface area (Å²) in [6.45, 7) is 4.01. The van der Waals surface area contributed by atoms with Crippen LogP contribution in [0.2, 0.25) is 0 Å². The molecule has 0 aliphatic carbocycles. The molecule has 0 unspecified atom stereocenters. The highest BCUT2D eigenvalue weighted by atomic mass is 16.3. The van der Waals surface area contributed by atoms with Crippen molar-refractivity contribution in [1.29, 1.82) is 0 Å². The number of anilines is 3. The predicted molar refractivity (Wildman–Crippen MR) is 88.3 cm³/mol. The Morgan fingerprint density at radius 1 is 1.18 bits per heavy atom.